The first-order valence-electron chi connectivity index (χ1n) is 6.83. The fraction of sp³-hybridized carbons (Fsp3) is 0.125. The Bertz CT molecular complexity index is 941. The summed E-state index contributed by atoms with van der Waals surface area (Å²) in [5, 5.41) is 20.6. The molecule has 0 spiro atoms. The van der Waals surface area contributed by atoms with Crippen molar-refractivity contribution in [3.63, 3.8) is 0 Å². The lowest BCUT2D eigenvalue weighted by molar-refractivity contribution is -0.384. The molecule has 0 saturated carbocycles. The van der Waals surface area contributed by atoms with E-state index in [1.165, 1.54) is 12.1 Å². The predicted octanol–water partition coefficient (Wildman–Crippen LogP) is 4.19. The molecule has 114 valence electrons. The van der Waals surface area contributed by atoms with Crippen molar-refractivity contribution in [1.29, 1.82) is 5.26 Å². The average Bonchev–Trinajstić information content (AvgIpc) is 2.92. The molecule has 3 aromatic rings. The van der Waals surface area contributed by atoms with Crippen LogP contribution < -0.4 is 0 Å². The molecule has 1 atom stereocenters. The summed E-state index contributed by atoms with van der Waals surface area (Å²) in [6.45, 7) is 1.78. The van der Waals surface area contributed by atoms with Crippen LogP contribution in [0.15, 0.2) is 42.6 Å². The van der Waals surface area contributed by atoms with Gasteiger partial charge in [-0.05, 0) is 31.2 Å². The Morgan fingerprint density at radius 1 is 1.30 bits per heavy atom. The quantitative estimate of drug-likeness (QED) is 0.533. The van der Waals surface area contributed by atoms with Crippen LogP contribution in [0, 0.1) is 21.4 Å². The minimum Gasteiger partial charge on any atom is -0.301 e. The smallest absolute Gasteiger partial charge is 0.269 e. The Hall–Kier alpha value is -2.91. The van der Waals surface area contributed by atoms with Crippen LogP contribution in [0.4, 0.5) is 5.69 Å². The van der Waals surface area contributed by atoms with Gasteiger partial charge in [0.05, 0.1) is 33.3 Å². The summed E-state index contributed by atoms with van der Waals surface area (Å²) >= 11 is 6.04. The minimum absolute atomic E-state index is 0.00967. The van der Waals surface area contributed by atoms with Crippen LogP contribution in [0.25, 0.3) is 16.9 Å². The SMILES string of the molecule is CC(C#N)c1c(-c2ccc([N+](=O)[O-])cc2)nc2ccc(Cl)cn12. The van der Waals surface area contributed by atoms with Gasteiger partial charge in [-0.25, -0.2) is 4.98 Å². The van der Waals surface area contributed by atoms with E-state index in [2.05, 4.69) is 11.1 Å². The average molecular weight is 327 g/mol. The molecule has 1 aromatic carbocycles. The van der Waals surface area contributed by atoms with Crippen LogP contribution in [-0.2, 0) is 0 Å². The molecule has 0 aliphatic carbocycles. The fourth-order valence-corrected chi connectivity index (χ4v) is 2.63. The zero-order valence-corrected chi connectivity index (χ0v) is 12.9. The van der Waals surface area contributed by atoms with Gasteiger partial charge in [0.2, 0.25) is 0 Å². The van der Waals surface area contributed by atoms with Crippen molar-refractivity contribution in [2.45, 2.75) is 12.8 Å². The maximum Gasteiger partial charge on any atom is 0.269 e. The molecule has 6 nitrogen and oxygen atoms in total. The van der Waals surface area contributed by atoms with E-state index in [0.717, 1.165) is 0 Å². The van der Waals surface area contributed by atoms with Crippen molar-refractivity contribution >= 4 is 22.9 Å². The monoisotopic (exact) mass is 326 g/mol. The molecule has 0 radical (unpaired) electrons. The molecule has 0 aliphatic rings. The number of fused-ring (bicyclic) bond motifs is 1. The van der Waals surface area contributed by atoms with E-state index in [1.54, 1.807) is 41.8 Å². The lowest BCUT2D eigenvalue weighted by Crippen LogP contribution is -1.98. The van der Waals surface area contributed by atoms with Gasteiger partial charge in [0.25, 0.3) is 5.69 Å². The van der Waals surface area contributed by atoms with Gasteiger partial charge in [-0.15, -0.1) is 0 Å². The van der Waals surface area contributed by atoms with Crippen molar-refractivity contribution in [3.8, 4) is 17.3 Å². The van der Waals surface area contributed by atoms with Gasteiger partial charge in [-0.1, -0.05) is 11.6 Å². The van der Waals surface area contributed by atoms with Crippen LogP contribution in [0.5, 0.6) is 0 Å². The largest absolute Gasteiger partial charge is 0.301 e. The normalized spacial score (nSPS) is 12.0. The summed E-state index contributed by atoms with van der Waals surface area (Å²) in [6.07, 6.45) is 1.71. The maximum absolute atomic E-state index is 10.8. The number of nitro benzene ring substituents is 1. The fourth-order valence-electron chi connectivity index (χ4n) is 2.47. The molecule has 0 saturated heterocycles. The Kier molecular flexibility index (Phi) is 3.72. The van der Waals surface area contributed by atoms with Crippen molar-refractivity contribution in [2.24, 2.45) is 0 Å². The van der Waals surface area contributed by atoms with Gasteiger partial charge in [-0.3, -0.25) is 10.1 Å². The number of hydrogen-bond donors (Lipinski definition) is 0. The number of benzene rings is 1. The molecule has 7 heteroatoms. The number of nitro groups is 1. The van der Waals surface area contributed by atoms with Gasteiger partial charge in [-0.2, -0.15) is 5.26 Å². The lowest BCUT2D eigenvalue weighted by Gasteiger charge is -2.07. The summed E-state index contributed by atoms with van der Waals surface area (Å²) in [7, 11) is 0. The van der Waals surface area contributed by atoms with Crippen molar-refractivity contribution in [1.82, 2.24) is 9.38 Å². The van der Waals surface area contributed by atoms with Gasteiger partial charge < -0.3 is 4.40 Å². The standard InChI is InChI=1S/C16H11ClN4O2/c1-10(8-18)16-15(11-2-5-13(6-3-11)21(22)23)19-14-7-4-12(17)9-20(14)16/h2-7,9-10H,1H3. The highest BCUT2D eigenvalue weighted by atomic mass is 35.5. The van der Waals surface area contributed by atoms with Crippen molar-refractivity contribution in [3.05, 3.63) is 63.4 Å². The molecule has 2 aromatic heterocycles. The summed E-state index contributed by atoms with van der Waals surface area (Å²) in [4.78, 5) is 14.9. The first-order valence-corrected chi connectivity index (χ1v) is 7.21. The van der Waals surface area contributed by atoms with Gasteiger partial charge in [0.1, 0.15) is 5.65 Å². The number of nitrogens with zero attached hydrogens (tertiary/aromatic N) is 4. The number of nitriles is 1. The first-order chi connectivity index (χ1) is 11.0. The van der Waals surface area contributed by atoms with E-state index in [-0.39, 0.29) is 5.69 Å². The second kappa shape index (κ2) is 5.71. The number of hydrogen-bond acceptors (Lipinski definition) is 4. The Labute approximate surface area is 136 Å². The highest BCUT2D eigenvalue weighted by Gasteiger charge is 2.20. The Morgan fingerprint density at radius 3 is 2.61 bits per heavy atom. The molecule has 23 heavy (non-hydrogen) atoms. The van der Waals surface area contributed by atoms with Gasteiger partial charge in [0, 0.05) is 23.9 Å². The molecule has 2 heterocycles. The summed E-state index contributed by atoms with van der Waals surface area (Å²) < 4.78 is 1.78. The van der Waals surface area contributed by atoms with E-state index in [4.69, 9.17) is 11.6 Å². The van der Waals surface area contributed by atoms with Crippen LogP contribution >= 0.6 is 11.6 Å². The molecular weight excluding hydrogens is 316 g/mol. The van der Waals surface area contributed by atoms with Gasteiger partial charge >= 0.3 is 0 Å². The molecule has 0 aliphatic heterocycles. The third-order valence-corrected chi connectivity index (χ3v) is 3.80. The van der Waals surface area contributed by atoms with Gasteiger partial charge in [0.15, 0.2) is 0 Å². The van der Waals surface area contributed by atoms with Crippen LogP contribution in [0.3, 0.4) is 0 Å². The zero-order valence-electron chi connectivity index (χ0n) is 12.1. The number of halogens is 1. The van der Waals surface area contributed by atoms with E-state index in [1.807, 2.05) is 0 Å². The van der Waals surface area contributed by atoms with E-state index < -0.39 is 10.8 Å². The zero-order chi connectivity index (χ0) is 16.6. The molecule has 0 amide bonds. The second-order valence-corrected chi connectivity index (χ2v) is 5.51. The van der Waals surface area contributed by atoms with E-state index in [9.17, 15) is 15.4 Å². The summed E-state index contributed by atoms with van der Waals surface area (Å²) in [6, 6.07) is 11.8. The first kappa shape index (κ1) is 15.0. The molecule has 0 bridgehead atoms. The van der Waals surface area contributed by atoms with Crippen LogP contribution in [-0.4, -0.2) is 14.3 Å². The highest BCUT2D eigenvalue weighted by Crippen LogP contribution is 2.31. The number of non-ortho nitro benzene ring substituents is 1. The number of pyridine rings is 1. The number of aromatic nitrogens is 2. The molecule has 3 rings (SSSR count). The molecule has 0 fully saturated rings. The number of rotatable bonds is 3. The third-order valence-electron chi connectivity index (χ3n) is 3.57. The van der Waals surface area contributed by atoms with E-state index >= 15 is 0 Å². The Morgan fingerprint density at radius 2 is 2.00 bits per heavy atom. The third kappa shape index (κ3) is 2.62. The van der Waals surface area contributed by atoms with Crippen molar-refractivity contribution < 1.29 is 4.92 Å². The van der Waals surface area contributed by atoms with Crippen LogP contribution in [0.1, 0.15) is 18.5 Å². The highest BCUT2D eigenvalue weighted by molar-refractivity contribution is 6.30. The number of imidazole rings is 1. The predicted molar refractivity (Wildman–Crippen MR) is 86.3 cm³/mol. The summed E-state index contributed by atoms with van der Waals surface area (Å²) in [5.41, 5.74) is 2.72. The van der Waals surface area contributed by atoms with E-state index in [0.29, 0.717) is 27.6 Å². The molecule has 0 N–H and O–H groups in total. The molecular formula is C16H11ClN4O2. The topological polar surface area (TPSA) is 84.2 Å². The Balaban J connectivity index is 2.24. The van der Waals surface area contributed by atoms with Crippen molar-refractivity contribution in [2.75, 3.05) is 0 Å². The lowest BCUT2D eigenvalue weighted by atomic mass is 10.0. The maximum atomic E-state index is 10.8. The minimum atomic E-state index is -0.452. The van der Waals surface area contributed by atoms with Crippen LogP contribution in [0.2, 0.25) is 5.02 Å². The summed E-state index contributed by atoms with van der Waals surface area (Å²) in [5.74, 6) is -0.409. The second-order valence-electron chi connectivity index (χ2n) is 5.08. The molecule has 1 unspecified atom stereocenters.